The van der Waals surface area contributed by atoms with E-state index in [1.807, 2.05) is 0 Å². The molecule has 154 valence electrons. The first-order valence-electron chi connectivity index (χ1n) is 9.41. The van der Waals surface area contributed by atoms with Crippen molar-refractivity contribution in [3.8, 4) is 0 Å². The van der Waals surface area contributed by atoms with E-state index in [-0.39, 0.29) is 24.4 Å². The predicted octanol–water partition coefficient (Wildman–Crippen LogP) is 2.32. The van der Waals surface area contributed by atoms with Gasteiger partial charge in [0.25, 0.3) is 0 Å². The highest BCUT2D eigenvalue weighted by atomic mass is 35.5. The molecular formula is C19H32ClN3O3S. The average Bonchev–Trinajstić information content (AvgIpc) is 3.15. The molecule has 8 heteroatoms. The van der Waals surface area contributed by atoms with Crippen molar-refractivity contribution < 1.29 is 13.2 Å². The molecule has 0 aromatic heterocycles. The van der Waals surface area contributed by atoms with Crippen LogP contribution in [0.3, 0.4) is 0 Å². The topological polar surface area (TPSA) is 92.5 Å². The van der Waals surface area contributed by atoms with Gasteiger partial charge >= 0.3 is 0 Å². The van der Waals surface area contributed by atoms with Gasteiger partial charge in [-0.1, -0.05) is 26.0 Å². The van der Waals surface area contributed by atoms with Crippen LogP contribution in [0.1, 0.15) is 45.1 Å². The number of hydrogen-bond donors (Lipinski definition) is 2. The fourth-order valence-corrected chi connectivity index (χ4v) is 4.76. The van der Waals surface area contributed by atoms with E-state index in [9.17, 15) is 13.2 Å². The van der Waals surface area contributed by atoms with E-state index in [0.717, 1.165) is 24.8 Å². The van der Waals surface area contributed by atoms with Crippen molar-refractivity contribution in [3.63, 3.8) is 0 Å². The van der Waals surface area contributed by atoms with Crippen LogP contribution in [0.4, 0.5) is 0 Å². The first-order chi connectivity index (χ1) is 12.3. The number of carbonyl (C=O) groups excluding carboxylic acids is 1. The average molecular weight is 418 g/mol. The van der Waals surface area contributed by atoms with Crippen LogP contribution in [0.15, 0.2) is 29.2 Å². The van der Waals surface area contributed by atoms with E-state index in [2.05, 4.69) is 19.2 Å². The Morgan fingerprint density at radius 2 is 1.78 bits per heavy atom. The van der Waals surface area contributed by atoms with Crippen molar-refractivity contribution >= 4 is 28.3 Å². The zero-order valence-corrected chi connectivity index (χ0v) is 17.8. The van der Waals surface area contributed by atoms with Crippen LogP contribution in [-0.4, -0.2) is 44.3 Å². The molecule has 0 aliphatic carbocycles. The normalized spacial score (nSPS) is 16.1. The van der Waals surface area contributed by atoms with Gasteiger partial charge in [0, 0.05) is 32.1 Å². The van der Waals surface area contributed by atoms with Crippen molar-refractivity contribution in [2.45, 2.75) is 56.9 Å². The van der Waals surface area contributed by atoms with Crippen LogP contribution < -0.4 is 11.1 Å². The summed E-state index contributed by atoms with van der Waals surface area (Å²) in [6.07, 6.45) is 3.66. The molecule has 1 aliphatic rings. The highest BCUT2D eigenvalue weighted by molar-refractivity contribution is 7.89. The summed E-state index contributed by atoms with van der Waals surface area (Å²) in [5.74, 6) is 0.462. The summed E-state index contributed by atoms with van der Waals surface area (Å²) in [4.78, 5) is 12.4. The SMILES string of the molecule is CC(C)CC(CN)NC(=O)CCc1ccc(S(=O)(=O)N2CCCC2)cc1.Cl. The maximum absolute atomic E-state index is 12.5. The lowest BCUT2D eigenvalue weighted by Crippen LogP contribution is -2.41. The number of nitrogens with zero attached hydrogens (tertiary/aromatic N) is 1. The van der Waals surface area contributed by atoms with Crippen LogP contribution in [0, 0.1) is 5.92 Å². The second-order valence-corrected chi connectivity index (χ2v) is 9.32. The van der Waals surface area contributed by atoms with E-state index in [1.54, 1.807) is 24.3 Å². The highest BCUT2D eigenvalue weighted by Gasteiger charge is 2.26. The van der Waals surface area contributed by atoms with Crippen molar-refractivity contribution in [3.05, 3.63) is 29.8 Å². The fraction of sp³-hybridized carbons (Fsp3) is 0.632. The lowest BCUT2D eigenvalue weighted by Gasteiger charge is -2.19. The maximum Gasteiger partial charge on any atom is 0.243 e. The molecule has 0 bridgehead atoms. The second kappa shape index (κ2) is 11.0. The summed E-state index contributed by atoms with van der Waals surface area (Å²) >= 11 is 0. The minimum Gasteiger partial charge on any atom is -0.352 e. The smallest absolute Gasteiger partial charge is 0.243 e. The molecule has 1 heterocycles. The van der Waals surface area contributed by atoms with Crippen molar-refractivity contribution in [2.75, 3.05) is 19.6 Å². The lowest BCUT2D eigenvalue weighted by molar-refractivity contribution is -0.121. The lowest BCUT2D eigenvalue weighted by atomic mass is 10.0. The number of sulfonamides is 1. The number of rotatable bonds is 9. The Labute approximate surface area is 169 Å². The number of hydrogen-bond acceptors (Lipinski definition) is 4. The van der Waals surface area contributed by atoms with Crippen molar-refractivity contribution in [1.29, 1.82) is 0 Å². The van der Waals surface area contributed by atoms with E-state index in [0.29, 0.717) is 43.3 Å². The van der Waals surface area contributed by atoms with Gasteiger partial charge in [0.2, 0.25) is 15.9 Å². The van der Waals surface area contributed by atoms with Gasteiger partial charge in [-0.05, 0) is 49.3 Å². The second-order valence-electron chi connectivity index (χ2n) is 7.38. The molecule has 1 amide bonds. The Morgan fingerprint density at radius 1 is 1.19 bits per heavy atom. The van der Waals surface area contributed by atoms with Crippen LogP contribution in [-0.2, 0) is 21.2 Å². The van der Waals surface area contributed by atoms with Gasteiger partial charge < -0.3 is 11.1 Å². The number of aryl methyl sites for hydroxylation is 1. The summed E-state index contributed by atoms with van der Waals surface area (Å²) in [6.45, 7) is 5.85. The largest absolute Gasteiger partial charge is 0.352 e. The summed E-state index contributed by atoms with van der Waals surface area (Å²) < 4.78 is 26.5. The number of benzene rings is 1. The Morgan fingerprint density at radius 3 is 2.30 bits per heavy atom. The van der Waals surface area contributed by atoms with Crippen LogP contribution >= 0.6 is 12.4 Å². The summed E-state index contributed by atoms with van der Waals surface area (Å²) in [5.41, 5.74) is 6.66. The Kier molecular flexibility index (Phi) is 9.73. The van der Waals surface area contributed by atoms with E-state index >= 15 is 0 Å². The third kappa shape index (κ3) is 7.07. The molecule has 1 aromatic rings. The van der Waals surface area contributed by atoms with Gasteiger partial charge in [0.1, 0.15) is 0 Å². The minimum absolute atomic E-state index is 0. The molecule has 3 N–H and O–H groups in total. The van der Waals surface area contributed by atoms with Gasteiger partial charge in [0.05, 0.1) is 4.90 Å². The third-order valence-electron chi connectivity index (χ3n) is 4.67. The summed E-state index contributed by atoms with van der Waals surface area (Å²) in [6, 6.07) is 6.88. The van der Waals surface area contributed by atoms with Gasteiger partial charge in [-0.3, -0.25) is 4.79 Å². The number of halogens is 1. The zero-order valence-electron chi connectivity index (χ0n) is 16.2. The molecule has 2 rings (SSSR count). The standard InChI is InChI=1S/C19H31N3O3S.ClH/c1-15(2)13-17(14-20)21-19(23)10-7-16-5-8-18(9-6-16)26(24,25)22-11-3-4-12-22;/h5-6,8-9,15,17H,3-4,7,10-14,20H2,1-2H3,(H,21,23);1H. The molecular weight excluding hydrogens is 386 g/mol. The Balaban J connectivity index is 0.00000364. The third-order valence-corrected chi connectivity index (χ3v) is 6.59. The molecule has 0 radical (unpaired) electrons. The molecule has 1 saturated heterocycles. The van der Waals surface area contributed by atoms with E-state index < -0.39 is 10.0 Å². The van der Waals surface area contributed by atoms with Gasteiger partial charge in [-0.25, -0.2) is 8.42 Å². The molecule has 1 unspecified atom stereocenters. The molecule has 6 nitrogen and oxygen atoms in total. The molecule has 1 aliphatic heterocycles. The van der Waals surface area contributed by atoms with Crippen LogP contribution in [0.2, 0.25) is 0 Å². The Bertz CT molecular complexity index is 687. The highest BCUT2D eigenvalue weighted by Crippen LogP contribution is 2.21. The molecule has 1 fully saturated rings. The van der Waals surface area contributed by atoms with Crippen molar-refractivity contribution in [1.82, 2.24) is 9.62 Å². The molecule has 1 atom stereocenters. The minimum atomic E-state index is -3.38. The number of nitrogens with one attached hydrogen (secondary N) is 1. The van der Waals surface area contributed by atoms with Gasteiger partial charge in [-0.15, -0.1) is 12.4 Å². The maximum atomic E-state index is 12.5. The summed E-state index contributed by atoms with van der Waals surface area (Å²) in [5, 5.41) is 2.97. The summed E-state index contributed by atoms with van der Waals surface area (Å²) in [7, 11) is -3.38. The van der Waals surface area contributed by atoms with Gasteiger partial charge in [-0.2, -0.15) is 4.31 Å². The number of nitrogens with two attached hydrogens (primary N) is 1. The Hall–Kier alpha value is -1.15. The molecule has 0 saturated carbocycles. The zero-order chi connectivity index (χ0) is 19.2. The van der Waals surface area contributed by atoms with Crippen LogP contribution in [0.5, 0.6) is 0 Å². The van der Waals surface area contributed by atoms with Crippen molar-refractivity contribution in [2.24, 2.45) is 11.7 Å². The predicted molar refractivity (Wildman–Crippen MR) is 110 cm³/mol. The van der Waals surface area contributed by atoms with E-state index in [4.69, 9.17) is 5.73 Å². The fourth-order valence-electron chi connectivity index (χ4n) is 3.25. The van der Waals surface area contributed by atoms with Crippen LogP contribution in [0.25, 0.3) is 0 Å². The monoisotopic (exact) mass is 417 g/mol. The number of carbonyl (C=O) groups is 1. The van der Waals surface area contributed by atoms with E-state index in [1.165, 1.54) is 4.31 Å². The first kappa shape index (κ1) is 23.9. The van der Waals surface area contributed by atoms with Gasteiger partial charge in [0.15, 0.2) is 0 Å². The quantitative estimate of drug-likeness (QED) is 0.644. The number of amides is 1. The molecule has 1 aromatic carbocycles. The molecule has 27 heavy (non-hydrogen) atoms. The molecule has 0 spiro atoms. The first-order valence-corrected chi connectivity index (χ1v) is 10.9.